The minimum Gasteiger partial charge on any atom is -0.377 e. The Kier molecular flexibility index (Phi) is 3.55. The Morgan fingerprint density at radius 2 is 2.12 bits per heavy atom. The first-order chi connectivity index (χ1) is 8.31. The minimum absolute atomic E-state index is 0.000651. The Morgan fingerprint density at radius 3 is 2.82 bits per heavy atom. The van der Waals surface area contributed by atoms with Crippen molar-refractivity contribution in [3.05, 3.63) is 48.5 Å². The fraction of sp³-hybridized carbons (Fsp3) is 0.231. The van der Waals surface area contributed by atoms with Crippen LogP contribution in [0.2, 0.25) is 0 Å². The standard InChI is InChI=1S/C13H15N3O/c1-2-16-9-8-14-13(16)12(17)10-15-11-6-4-3-5-7-11/h3-9,15H,2,10H2,1H3. The highest BCUT2D eigenvalue weighted by atomic mass is 16.1. The molecular weight excluding hydrogens is 214 g/mol. The average Bonchev–Trinajstić information content (AvgIpc) is 2.85. The molecule has 0 aliphatic heterocycles. The Bertz CT molecular complexity index is 490. The van der Waals surface area contributed by atoms with Crippen LogP contribution < -0.4 is 5.32 Å². The van der Waals surface area contributed by atoms with Gasteiger partial charge in [-0.3, -0.25) is 4.79 Å². The number of rotatable bonds is 5. The van der Waals surface area contributed by atoms with E-state index in [0.29, 0.717) is 5.82 Å². The summed E-state index contributed by atoms with van der Waals surface area (Å²) in [5.41, 5.74) is 0.940. The van der Waals surface area contributed by atoms with Crippen molar-refractivity contribution in [3.63, 3.8) is 0 Å². The van der Waals surface area contributed by atoms with Crippen LogP contribution in [0, 0.1) is 0 Å². The summed E-state index contributed by atoms with van der Waals surface area (Å²) >= 11 is 0. The van der Waals surface area contributed by atoms with Gasteiger partial charge in [-0.1, -0.05) is 18.2 Å². The first-order valence-electron chi connectivity index (χ1n) is 5.64. The molecule has 0 fully saturated rings. The van der Waals surface area contributed by atoms with Crippen molar-refractivity contribution in [1.29, 1.82) is 0 Å². The summed E-state index contributed by atoms with van der Waals surface area (Å²) < 4.78 is 1.84. The van der Waals surface area contributed by atoms with Crippen molar-refractivity contribution in [2.75, 3.05) is 11.9 Å². The number of aromatic nitrogens is 2. The van der Waals surface area contributed by atoms with E-state index in [-0.39, 0.29) is 12.3 Å². The molecule has 4 heteroatoms. The zero-order valence-corrected chi connectivity index (χ0v) is 9.76. The quantitative estimate of drug-likeness (QED) is 0.799. The summed E-state index contributed by atoms with van der Waals surface area (Å²) in [6, 6.07) is 9.66. The number of hydrogen-bond donors (Lipinski definition) is 1. The van der Waals surface area contributed by atoms with Gasteiger partial charge in [-0.25, -0.2) is 4.98 Å². The third kappa shape index (κ3) is 2.72. The molecule has 88 valence electrons. The van der Waals surface area contributed by atoms with E-state index in [4.69, 9.17) is 0 Å². The van der Waals surface area contributed by atoms with Crippen molar-refractivity contribution in [2.24, 2.45) is 0 Å². The molecule has 0 bridgehead atoms. The highest BCUT2D eigenvalue weighted by molar-refractivity contribution is 5.95. The lowest BCUT2D eigenvalue weighted by Crippen LogP contribution is -2.18. The lowest BCUT2D eigenvalue weighted by Gasteiger charge is -2.06. The van der Waals surface area contributed by atoms with E-state index in [0.717, 1.165) is 12.2 Å². The lowest BCUT2D eigenvalue weighted by atomic mass is 10.3. The molecule has 0 saturated heterocycles. The number of carbonyl (C=O) groups excluding carboxylic acids is 1. The topological polar surface area (TPSA) is 46.9 Å². The Labute approximate surface area is 100 Å². The SMILES string of the molecule is CCn1ccnc1C(=O)CNc1ccccc1. The van der Waals surface area contributed by atoms with E-state index in [9.17, 15) is 4.79 Å². The van der Waals surface area contributed by atoms with Gasteiger partial charge >= 0.3 is 0 Å². The van der Waals surface area contributed by atoms with Gasteiger partial charge in [0.05, 0.1) is 6.54 Å². The molecule has 4 nitrogen and oxygen atoms in total. The van der Waals surface area contributed by atoms with Crippen LogP contribution in [0.25, 0.3) is 0 Å². The second-order valence-electron chi connectivity index (χ2n) is 3.68. The second-order valence-corrected chi connectivity index (χ2v) is 3.68. The minimum atomic E-state index is 0.000651. The van der Waals surface area contributed by atoms with Gasteiger partial charge < -0.3 is 9.88 Å². The van der Waals surface area contributed by atoms with E-state index < -0.39 is 0 Å². The van der Waals surface area contributed by atoms with Crippen LogP contribution >= 0.6 is 0 Å². The number of nitrogens with zero attached hydrogens (tertiary/aromatic N) is 2. The molecule has 1 N–H and O–H groups in total. The fourth-order valence-electron chi connectivity index (χ4n) is 1.63. The molecule has 2 aromatic rings. The van der Waals surface area contributed by atoms with Gasteiger partial charge in [0.25, 0.3) is 0 Å². The van der Waals surface area contributed by atoms with E-state index in [1.54, 1.807) is 6.20 Å². The summed E-state index contributed by atoms with van der Waals surface area (Å²) in [4.78, 5) is 16.0. The normalized spacial score (nSPS) is 10.2. The Hall–Kier alpha value is -2.10. The molecule has 0 spiro atoms. The zero-order valence-electron chi connectivity index (χ0n) is 9.76. The van der Waals surface area contributed by atoms with Crippen molar-refractivity contribution >= 4 is 11.5 Å². The maximum Gasteiger partial charge on any atom is 0.217 e. The van der Waals surface area contributed by atoms with E-state index in [1.165, 1.54) is 0 Å². The van der Waals surface area contributed by atoms with Gasteiger partial charge in [-0.2, -0.15) is 0 Å². The smallest absolute Gasteiger partial charge is 0.217 e. The summed E-state index contributed by atoms with van der Waals surface area (Å²) in [5, 5.41) is 3.08. The summed E-state index contributed by atoms with van der Waals surface area (Å²) in [6.45, 7) is 3.01. The Morgan fingerprint density at radius 1 is 1.35 bits per heavy atom. The lowest BCUT2D eigenvalue weighted by molar-refractivity contribution is 0.0992. The summed E-state index contributed by atoms with van der Waals surface area (Å²) in [7, 11) is 0. The number of imidazole rings is 1. The maximum absolute atomic E-state index is 11.9. The molecule has 1 aromatic carbocycles. The fourth-order valence-corrected chi connectivity index (χ4v) is 1.63. The third-order valence-electron chi connectivity index (χ3n) is 2.53. The van der Waals surface area contributed by atoms with Gasteiger partial charge in [0.15, 0.2) is 5.82 Å². The average molecular weight is 229 g/mol. The van der Waals surface area contributed by atoms with Gasteiger partial charge in [0.1, 0.15) is 0 Å². The van der Waals surface area contributed by atoms with E-state index in [2.05, 4.69) is 10.3 Å². The number of para-hydroxylation sites is 1. The monoisotopic (exact) mass is 229 g/mol. The number of hydrogen-bond acceptors (Lipinski definition) is 3. The highest BCUT2D eigenvalue weighted by Gasteiger charge is 2.11. The molecule has 0 aliphatic carbocycles. The van der Waals surface area contributed by atoms with Crippen LogP contribution in [0.4, 0.5) is 5.69 Å². The van der Waals surface area contributed by atoms with Gasteiger partial charge in [0, 0.05) is 24.6 Å². The largest absolute Gasteiger partial charge is 0.377 e. The molecule has 1 aromatic heterocycles. The maximum atomic E-state index is 11.9. The number of carbonyl (C=O) groups is 1. The number of nitrogens with one attached hydrogen (secondary N) is 1. The molecule has 0 atom stereocenters. The van der Waals surface area contributed by atoms with Crippen molar-refractivity contribution < 1.29 is 4.79 Å². The van der Waals surface area contributed by atoms with E-state index in [1.807, 2.05) is 48.0 Å². The molecule has 1 heterocycles. The zero-order chi connectivity index (χ0) is 12.1. The van der Waals surface area contributed by atoms with Crippen LogP contribution in [0.5, 0.6) is 0 Å². The van der Waals surface area contributed by atoms with Crippen molar-refractivity contribution in [2.45, 2.75) is 13.5 Å². The van der Waals surface area contributed by atoms with Crippen LogP contribution in [0.15, 0.2) is 42.7 Å². The molecule has 0 radical (unpaired) electrons. The first kappa shape index (κ1) is 11.4. The van der Waals surface area contributed by atoms with Crippen LogP contribution in [-0.2, 0) is 6.54 Å². The molecule has 0 unspecified atom stereocenters. The molecule has 17 heavy (non-hydrogen) atoms. The highest BCUT2D eigenvalue weighted by Crippen LogP contribution is 2.05. The predicted molar refractivity (Wildman–Crippen MR) is 67.2 cm³/mol. The predicted octanol–water partition coefficient (Wildman–Crippen LogP) is 2.20. The van der Waals surface area contributed by atoms with Crippen LogP contribution in [0.1, 0.15) is 17.5 Å². The number of benzene rings is 1. The van der Waals surface area contributed by atoms with Crippen molar-refractivity contribution in [3.8, 4) is 0 Å². The number of ketones is 1. The number of Topliss-reactive ketones (excluding diaryl/α,β-unsaturated/α-hetero) is 1. The van der Waals surface area contributed by atoms with Crippen molar-refractivity contribution in [1.82, 2.24) is 9.55 Å². The molecule has 0 amide bonds. The van der Waals surface area contributed by atoms with Crippen LogP contribution in [-0.4, -0.2) is 21.9 Å². The molecule has 0 saturated carbocycles. The number of anilines is 1. The van der Waals surface area contributed by atoms with E-state index >= 15 is 0 Å². The summed E-state index contributed by atoms with van der Waals surface area (Å²) in [5.74, 6) is 0.511. The molecule has 2 rings (SSSR count). The van der Waals surface area contributed by atoms with Gasteiger partial charge in [-0.15, -0.1) is 0 Å². The van der Waals surface area contributed by atoms with Gasteiger partial charge in [-0.05, 0) is 19.1 Å². The second kappa shape index (κ2) is 5.30. The molecule has 0 aliphatic rings. The first-order valence-corrected chi connectivity index (χ1v) is 5.64. The van der Waals surface area contributed by atoms with Gasteiger partial charge in [0.2, 0.25) is 5.78 Å². The van der Waals surface area contributed by atoms with Crippen LogP contribution in [0.3, 0.4) is 0 Å². The molecular formula is C13H15N3O. The Balaban J connectivity index is 1.98. The third-order valence-corrected chi connectivity index (χ3v) is 2.53. The number of aryl methyl sites for hydroxylation is 1. The summed E-state index contributed by atoms with van der Waals surface area (Å²) in [6.07, 6.45) is 3.47.